The highest BCUT2D eigenvalue weighted by Crippen LogP contribution is 2.24. The van der Waals surface area contributed by atoms with Crippen molar-refractivity contribution in [3.8, 4) is 5.75 Å². The quantitative estimate of drug-likeness (QED) is 0.431. The predicted octanol–water partition coefficient (Wildman–Crippen LogP) is 2.82. The van der Waals surface area contributed by atoms with E-state index in [2.05, 4.69) is 0 Å². The second kappa shape index (κ2) is 8.64. The molecule has 2 aromatic rings. The summed E-state index contributed by atoms with van der Waals surface area (Å²) in [5.74, 6) is -0.762. The monoisotopic (exact) mass is 331 g/mol. The van der Waals surface area contributed by atoms with E-state index < -0.39 is 17.3 Å². The van der Waals surface area contributed by atoms with Gasteiger partial charge < -0.3 is 14.6 Å². The summed E-state index contributed by atoms with van der Waals surface area (Å²) in [4.78, 5) is 21.1. The molecule has 0 saturated heterocycles. The van der Waals surface area contributed by atoms with Crippen LogP contribution in [0.15, 0.2) is 48.5 Å². The molecular formula is C17H17NO6. The van der Waals surface area contributed by atoms with Crippen molar-refractivity contribution >= 4 is 11.7 Å². The number of nitrogens with zero attached hydrogens (tertiary/aromatic N) is 1. The Bertz CT molecular complexity index is 701. The summed E-state index contributed by atoms with van der Waals surface area (Å²) >= 11 is 0. The van der Waals surface area contributed by atoms with Crippen molar-refractivity contribution in [3.63, 3.8) is 0 Å². The molecule has 0 aliphatic carbocycles. The van der Waals surface area contributed by atoms with E-state index in [1.807, 2.05) is 30.3 Å². The van der Waals surface area contributed by atoms with Crippen LogP contribution in [-0.4, -0.2) is 29.2 Å². The average Bonchev–Trinajstić information content (AvgIpc) is 2.55. The fourth-order valence-corrected chi connectivity index (χ4v) is 2.12. The zero-order valence-corrected chi connectivity index (χ0v) is 12.9. The van der Waals surface area contributed by atoms with Crippen LogP contribution in [0.1, 0.15) is 11.1 Å². The standard InChI is InChI=1S/C17H17NO6/c19-17(20)11-14-10-15(6-7-16(14)18(21)22)24-9-8-23-12-13-4-2-1-3-5-13/h1-7,10H,8-9,11-12H2,(H,19,20). The number of carboxylic acid groups (broad SMARTS) is 1. The molecule has 0 heterocycles. The molecule has 0 spiro atoms. The number of hydrogen-bond donors (Lipinski definition) is 1. The lowest BCUT2D eigenvalue weighted by atomic mass is 10.1. The highest BCUT2D eigenvalue weighted by Gasteiger charge is 2.17. The smallest absolute Gasteiger partial charge is 0.308 e. The van der Waals surface area contributed by atoms with Gasteiger partial charge in [0, 0.05) is 11.6 Å². The minimum atomic E-state index is -1.14. The van der Waals surface area contributed by atoms with Crippen molar-refractivity contribution in [3.05, 3.63) is 69.8 Å². The molecule has 7 heteroatoms. The summed E-state index contributed by atoms with van der Waals surface area (Å²) in [5.41, 5.74) is 0.928. The second-order valence-electron chi connectivity index (χ2n) is 5.00. The summed E-state index contributed by atoms with van der Waals surface area (Å²) < 4.78 is 10.9. The topological polar surface area (TPSA) is 98.9 Å². The fraction of sp³-hybridized carbons (Fsp3) is 0.235. The Morgan fingerprint density at radius 3 is 2.54 bits per heavy atom. The molecule has 0 unspecified atom stereocenters. The molecule has 1 N–H and O–H groups in total. The Kier molecular flexibility index (Phi) is 6.27. The summed E-state index contributed by atoms with van der Waals surface area (Å²) in [6, 6.07) is 13.8. The molecule has 0 aliphatic rings. The summed E-state index contributed by atoms with van der Waals surface area (Å²) in [7, 11) is 0. The van der Waals surface area contributed by atoms with E-state index in [1.54, 1.807) is 0 Å². The van der Waals surface area contributed by atoms with Crippen LogP contribution < -0.4 is 4.74 Å². The Balaban J connectivity index is 1.85. The predicted molar refractivity (Wildman–Crippen MR) is 86.0 cm³/mol. The normalized spacial score (nSPS) is 10.3. The highest BCUT2D eigenvalue weighted by atomic mass is 16.6. The first-order valence-electron chi connectivity index (χ1n) is 7.30. The van der Waals surface area contributed by atoms with Gasteiger partial charge in [-0.15, -0.1) is 0 Å². The van der Waals surface area contributed by atoms with Crippen LogP contribution in [0.25, 0.3) is 0 Å². The maximum absolute atomic E-state index is 10.9. The second-order valence-corrected chi connectivity index (χ2v) is 5.00. The van der Waals surface area contributed by atoms with E-state index in [0.29, 0.717) is 19.0 Å². The molecule has 2 aromatic carbocycles. The Morgan fingerprint density at radius 1 is 1.12 bits per heavy atom. The lowest BCUT2D eigenvalue weighted by Crippen LogP contribution is -2.08. The average molecular weight is 331 g/mol. The molecule has 2 rings (SSSR count). The SMILES string of the molecule is O=C(O)Cc1cc(OCCOCc2ccccc2)ccc1[N+](=O)[O-]. The number of aliphatic carboxylic acids is 1. The van der Waals surface area contributed by atoms with Gasteiger partial charge >= 0.3 is 5.97 Å². The van der Waals surface area contributed by atoms with Gasteiger partial charge in [0.25, 0.3) is 5.69 Å². The molecule has 24 heavy (non-hydrogen) atoms. The maximum atomic E-state index is 10.9. The van der Waals surface area contributed by atoms with E-state index in [0.717, 1.165) is 5.56 Å². The number of ether oxygens (including phenoxy) is 2. The molecule has 126 valence electrons. The van der Waals surface area contributed by atoms with Crippen LogP contribution in [-0.2, 0) is 22.6 Å². The molecule has 0 aliphatic heterocycles. The highest BCUT2D eigenvalue weighted by molar-refractivity contribution is 5.72. The first kappa shape index (κ1) is 17.4. The van der Waals surface area contributed by atoms with Gasteiger partial charge in [0.2, 0.25) is 0 Å². The molecule has 7 nitrogen and oxygen atoms in total. The van der Waals surface area contributed by atoms with Crippen molar-refractivity contribution in [1.82, 2.24) is 0 Å². The number of nitro groups is 1. The van der Waals surface area contributed by atoms with Gasteiger partial charge in [-0.2, -0.15) is 0 Å². The molecule has 0 fully saturated rings. The van der Waals surface area contributed by atoms with Crippen molar-refractivity contribution in [1.29, 1.82) is 0 Å². The molecule has 0 saturated carbocycles. The zero-order valence-electron chi connectivity index (χ0n) is 12.9. The molecule has 0 atom stereocenters. The van der Waals surface area contributed by atoms with Gasteiger partial charge in [-0.1, -0.05) is 30.3 Å². The van der Waals surface area contributed by atoms with Crippen LogP contribution in [0.3, 0.4) is 0 Å². The van der Waals surface area contributed by atoms with Gasteiger partial charge in [-0.25, -0.2) is 0 Å². The number of nitro benzene ring substituents is 1. The van der Waals surface area contributed by atoms with Crippen molar-refractivity contribution in [2.75, 3.05) is 13.2 Å². The Labute approximate surface area is 138 Å². The third-order valence-corrected chi connectivity index (χ3v) is 3.20. The summed E-state index contributed by atoms with van der Waals surface area (Å²) in [6.07, 6.45) is -0.433. The number of hydrogen-bond acceptors (Lipinski definition) is 5. The van der Waals surface area contributed by atoms with Crippen LogP contribution in [0.5, 0.6) is 5.75 Å². The van der Waals surface area contributed by atoms with Crippen LogP contribution >= 0.6 is 0 Å². The third kappa shape index (κ3) is 5.36. The number of benzene rings is 2. The van der Waals surface area contributed by atoms with E-state index in [-0.39, 0.29) is 17.9 Å². The summed E-state index contributed by atoms with van der Waals surface area (Å²) in [5, 5.41) is 19.7. The number of carboxylic acids is 1. The first-order valence-corrected chi connectivity index (χ1v) is 7.30. The number of carbonyl (C=O) groups is 1. The van der Waals surface area contributed by atoms with Gasteiger partial charge in [0.15, 0.2) is 0 Å². The van der Waals surface area contributed by atoms with E-state index in [4.69, 9.17) is 14.6 Å². The molecule has 0 aromatic heterocycles. The van der Waals surface area contributed by atoms with Crippen molar-refractivity contribution in [2.45, 2.75) is 13.0 Å². The maximum Gasteiger partial charge on any atom is 0.308 e. The third-order valence-electron chi connectivity index (χ3n) is 3.20. The number of rotatable bonds is 9. The van der Waals surface area contributed by atoms with E-state index in [1.165, 1.54) is 18.2 Å². The molecule has 0 bridgehead atoms. The van der Waals surface area contributed by atoms with Gasteiger partial charge in [-0.05, 0) is 17.7 Å². The van der Waals surface area contributed by atoms with Crippen molar-refractivity contribution < 1.29 is 24.3 Å². The first-order chi connectivity index (χ1) is 11.6. The van der Waals surface area contributed by atoms with Crippen LogP contribution in [0.4, 0.5) is 5.69 Å². The zero-order chi connectivity index (χ0) is 17.4. The van der Waals surface area contributed by atoms with Crippen molar-refractivity contribution in [2.24, 2.45) is 0 Å². The Hall–Kier alpha value is -2.93. The molecular weight excluding hydrogens is 314 g/mol. The van der Waals surface area contributed by atoms with Gasteiger partial charge in [0.05, 0.1) is 24.6 Å². The minimum Gasteiger partial charge on any atom is -0.491 e. The van der Waals surface area contributed by atoms with Gasteiger partial charge in [0.1, 0.15) is 12.4 Å². The van der Waals surface area contributed by atoms with Crippen LogP contribution in [0.2, 0.25) is 0 Å². The van der Waals surface area contributed by atoms with Gasteiger partial charge in [-0.3, -0.25) is 14.9 Å². The molecule has 0 amide bonds. The Morgan fingerprint density at radius 2 is 1.88 bits per heavy atom. The minimum absolute atomic E-state index is 0.107. The largest absolute Gasteiger partial charge is 0.491 e. The lowest BCUT2D eigenvalue weighted by Gasteiger charge is -2.09. The van der Waals surface area contributed by atoms with Crippen LogP contribution in [0, 0.1) is 10.1 Å². The van der Waals surface area contributed by atoms with E-state index >= 15 is 0 Å². The lowest BCUT2D eigenvalue weighted by molar-refractivity contribution is -0.385. The fourth-order valence-electron chi connectivity index (χ4n) is 2.12. The molecule has 0 radical (unpaired) electrons. The summed E-state index contributed by atoms with van der Waals surface area (Å²) in [6.45, 7) is 1.08. The van der Waals surface area contributed by atoms with E-state index in [9.17, 15) is 14.9 Å².